The van der Waals surface area contributed by atoms with Gasteiger partial charge in [-0.15, -0.1) is 0 Å². The molecule has 0 saturated heterocycles. The summed E-state index contributed by atoms with van der Waals surface area (Å²) >= 11 is 6.06. The zero-order valence-corrected chi connectivity index (χ0v) is 12.9. The quantitative estimate of drug-likeness (QED) is 0.894. The minimum Gasteiger partial charge on any atom is -0.368 e. The molecule has 0 amide bonds. The lowest BCUT2D eigenvalue weighted by molar-refractivity contribution is 0.738. The lowest BCUT2D eigenvalue weighted by atomic mass is 10.1. The van der Waals surface area contributed by atoms with E-state index in [0.717, 1.165) is 10.6 Å². The molecule has 0 aliphatic carbocycles. The summed E-state index contributed by atoms with van der Waals surface area (Å²) < 4.78 is 0. The first kappa shape index (κ1) is 14.9. The lowest BCUT2D eigenvalue weighted by Gasteiger charge is -2.28. The lowest BCUT2D eigenvalue weighted by Crippen LogP contribution is -2.21. The van der Waals surface area contributed by atoms with E-state index >= 15 is 0 Å². The van der Waals surface area contributed by atoms with Gasteiger partial charge in [0.25, 0.3) is 0 Å². The summed E-state index contributed by atoms with van der Waals surface area (Å²) in [6.07, 6.45) is 0. The standard InChI is InChI=1S/C17H21ClN2/c1-12(19)14-7-9-17(10-8-14)20(3)13(2)15-5-4-6-16(18)11-15/h4-13H,19H2,1-3H3. The minimum absolute atomic E-state index is 0.0692. The Hall–Kier alpha value is -1.51. The van der Waals surface area contributed by atoms with E-state index in [2.05, 4.69) is 49.2 Å². The molecule has 0 spiro atoms. The van der Waals surface area contributed by atoms with E-state index in [1.54, 1.807) is 0 Å². The zero-order valence-electron chi connectivity index (χ0n) is 12.2. The average molecular weight is 289 g/mol. The first-order valence-corrected chi connectivity index (χ1v) is 7.20. The summed E-state index contributed by atoms with van der Waals surface area (Å²) in [5.41, 5.74) is 9.40. The van der Waals surface area contributed by atoms with Gasteiger partial charge in [-0.05, 0) is 49.2 Å². The number of hydrogen-bond acceptors (Lipinski definition) is 2. The van der Waals surface area contributed by atoms with Crippen molar-refractivity contribution in [1.29, 1.82) is 0 Å². The van der Waals surface area contributed by atoms with Crippen molar-refractivity contribution in [3.63, 3.8) is 0 Å². The van der Waals surface area contributed by atoms with Crippen LogP contribution in [0.1, 0.15) is 37.1 Å². The molecule has 2 nitrogen and oxygen atoms in total. The van der Waals surface area contributed by atoms with Crippen LogP contribution in [0.2, 0.25) is 5.02 Å². The van der Waals surface area contributed by atoms with Gasteiger partial charge in [-0.1, -0.05) is 35.9 Å². The fraction of sp³-hybridized carbons (Fsp3) is 0.294. The summed E-state index contributed by atoms with van der Waals surface area (Å²) in [6, 6.07) is 16.7. The van der Waals surface area contributed by atoms with E-state index in [1.165, 1.54) is 11.3 Å². The highest BCUT2D eigenvalue weighted by molar-refractivity contribution is 6.30. The van der Waals surface area contributed by atoms with Crippen LogP contribution in [0, 0.1) is 0 Å². The summed E-state index contributed by atoms with van der Waals surface area (Å²) in [4.78, 5) is 2.23. The van der Waals surface area contributed by atoms with Gasteiger partial charge in [-0.25, -0.2) is 0 Å². The van der Waals surface area contributed by atoms with E-state index in [9.17, 15) is 0 Å². The molecule has 106 valence electrons. The van der Waals surface area contributed by atoms with Crippen LogP contribution < -0.4 is 10.6 Å². The Balaban J connectivity index is 2.20. The molecule has 0 fully saturated rings. The van der Waals surface area contributed by atoms with Gasteiger partial charge in [0.1, 0.15) is 0 Å². The summed E-state index contributed by atoms with van der Waals surface area (Å²) in [5, 5.41) is 0.773. The molecule has 2 N–H and O–H groups in total. The Morgan fingerprint density at radius 2 is 1.65 bits per heavy atom. The second-order valence-electron chi connectivity index (χ2n) is 5.22. The third-order valence-corrected chi connectivity index (χ3v) is 3.97. The number of halogens is 1. The number of benzene rings is 2. The van der Waals surface area contributed by atoms with Crippen LogP contribution in [0.15, 0.2) is 48.5 Å². The Morgan fingerprint density at radius 1 is 1.00 bits per heavy atom. The highest BCUT2D eigenvalue weighted by atomic mass is 35.5. The molecule has 0 aliphatic rings. The largest absolute Gasteiger partial charge is 0.368 e. The van der Waals surface area contributed by atoms with Gasteiger partial charge in [0.15, 0.2) is 0 Å². The second kappa shape index (κ2) is 6.29. The molecule has 0 radical (unpaired) electrons. The second-order valence-corrected chi connectivity index (χ2v) is 5.66. The maximum absolute atomic E-state index is 6.06. The van der Waals surface area contributed by atoms with Crippen molar-refractivity contribution >= 4 is 17.3 Å². The number of nitrogens with two attached hydrogens (primary N) is 1. The number of anilines is 1. The average Bonchev–Trinajstić information content (AvgIpc) is 2.46. The Labute approximate surface area is 126 Å². The zero-order chi connectivity index (χ0) is 14.7. The maximum atomic E-state index is 6.06. The van der Waals surface area contributed by atoms with Crippen molar-refractivity contribution in [2.24, 2.45) is 5.73 Å². The van der Waals surface area contributed by atoms with Gasteiger partial charge < -0.3 is 10.6 Å². The van der Waals surface area contributed by atoms with Crippen LogP contribution in [0.3, 0.4) is 0 Å². The first-order chi connectivity index (χ1) is 9.49. The van der Waals surface area contributed by atoms with Crippen molar-refractivity contribution in [3.8, 4) is 0 Å². The normalized spacial score (nSPS) is 13.8. The van der Waals surface area contributed by atoms with Crippen LogP contribution in [-0.4, -0.2) is 7.05 Å². The molecule has 0 aromatic heterocycles. The fourth-order valence-corrected chi connectivity index (χ4v) is 2.43. The van der Waals surface area contributed by atoms with Gasteiger partial charge in [-0.2, -0.15) is 0 Å². The van der Waals surface area contributed by atoms with E-state index < -0.39 is 0 Å². The Morgan fingerprint density at radius 3 is 2.20 bits per heavy atom. The number of rotatable bonds is 4. The monoisotopic (exact) mass is 288 g/mol. The van der Waals surface area contributed by atoms with Gasteiger partial charge in [0, 0.05) is 23.8 Å². The fourth-order valence-electron chi connectivity index (χ4n) is 2.23. The third-order valence-electron chi connectivity index (χ3n) is 3.74. The Kier molecular flexibility index (Phi) is 4.69. The van der Waals surface area contributed by atoms with Crippen molar-refractivity contribution in [1.82, 2.24) is 0 Å². The van der Waals surface area contributed by atoms with Crippen LogP contribution >= 0.6 is 11.6 Å². The molecule has 2 unspecified atom stereocenters. The van der Waals surface area contributed by atoms with Crippen molar-refractivity contribution < 1.29 is 0 Å². The van der Waals surface area contributed by atoms with E-state index in [1.807, 2.05) is 25.1 Å². The molecule has 0 bridgehead atoms. The molecule has 2 rings (SSSR count). The summed E-state index contributed by atoms with van der Waals surface area (Å²) in [7, 11) is 2.09. The molecular formula is C17H21ClN2. The Bertz CT molecular complexity index is 563. The molecule has 0 aliphatic heterocycles. The smallest absolute Gasteiger partial charge is 0.0511 e. The van der Waals surface area contributed by atoms with Gasteiger partial charge in [0.05, 0.1) is 6.04 Å². The van der Waals surface area contributed by atoms with E-state index in [4.69, 9.17) is 17.3 Å². The van der Waals surface area contributed by atoms with Crippen LogP contribution in [0.5, 0.6) is 0 Å². The predicted octanol–water partition coefficient (Wildman–Crippen LogP) is 4.56. The van der Waals surface area contributed by atoms with Crippen LogP contribution in [0.25, 0.3) is 0 Å². The highest BCUT2D eigenvalue weighted by Gasteiger charge is 2.12. The SMILES string of the molecule is CC(N)c1ccc(N(C)C(C)c2cccc(Cl)c2)cc1. The van der Waals surface area contributed by atoms with Crippen LogP contribution in [-0.2, 0) is 0 Å². The van der Waals surface area contributed by atoms with Gasteiger partial charge in [0.2, 0.25) is 0 Å². The molecular weight excluding hydrogens is 268 g/mol. The minimum atomic E-state index is 0.0692. The molecule has 2 atom stereocenters. The summed E-state index contributed by atoms with van der Waals surface area (Å²) in [5.74, 6) is 0. The molecule has 0 heterocycles. The molecule has 2 aromatic carbocycles. The number of hydrogen-bond donors (Lipinski definition) is 1. The first-order valence-electron chi connectivity index (χ1n) is 6.83. The predicted molar refractivity (Wildman–Crippen MR) is 87.3 cm³/mol. The van der Waals surface area contributed by atoms with E-state index in [0.29, 0.717) is 0 Å². The third kappa shape index (κ3) is 3.33. The topological polar surface area (TPSA) is 29.3 Å². The summed E-state index contributed by atoms with van der Waals surface area (Å²) in [6.45, 7) is 4.17. The van der Waals surface area contributed by atoms with E-state index in [-0.39, 0.29) is 12.1 Å². The van der Waals surface area contributed by atoms with Crippen molar-refractivity contribution in [3.05, 3.63) is 64.7 Å². The molecule has 0 saturated carbocycles. The highest BCUT2D eigenvalue weighted by Crippen LogP contribution is 2.27. The van der Waals surface area contributed by atoms with Crippen LogP contribution in [0.4, 0.5) is 5.69 Å². The molecule has 3 heteroatoms. The number of nitrogens with zero attached hydrogens (tertiary/aromatic N) is 1. The van der Waals surface area contributed by atoms with Gasteiger partial charge >= 0.3 is 0 Å². The van der Waals surface area contributed by atoms with Gasteiger partial charge in [-0.3, -0.25) is 0 Å². The molecule has 2 aromatic rings. The van der Waals surface area contributed by atoms with Crippen molar-refractivity contribution in [2.75, 3.05) is 11.9 Å². The van der Waals surface area contributed by atoms with Crippen molar-refractivity contribution in [2.45, 2.75) is 25.9 Å². The molecule has 20 heavy (non-hydrogen) atoms. The maximum Gasteiger partial charge on any atom is 0.0511 e.